The third kappa shape index (κ3) is 5.01. The van der Waals surface area contributed by atoms with Crippen LogP contribution in [0.15, 0.2) is 66.9 Å². The number of thiol groups is 1. The minimum Gasteiger partial charge on any atom is -0.455 e. The van der Waals surface area contributed by atoms with Crippen molar-refractivity contribution in [3.8, 4) is 11.5 Å². The van der Waals surface area contributed by atoms with Gasteiger partial charge in [-0.1, -0.05) is 42.6 Å². The number of para-hydroxylation sites is 1. The smallest absolute Gasteiger partial charge is 0.333 e. The number of nitrogens with one attached hydrogen (secondary N) is 2. The van der Waals surface area contributed by atoms with Crippen LogP contribution in [0, 0.1) is 0 Å². The van der Waals surface area contributed by atoms with Crippen molar-refractivity contribution in [3.63, 3.8) is 0 Å². The van der Waals surface area contributed by atoms with Crippen LogP contribution in [0.2, 0.25) is 5.02 Å². The molecule has 0 radical (unpaired) electrons. The van der Waals surface area contributed by atoms with Gasteiger partial charge >= 0.3 is 6.03 Å². The molecule has 0 aliphatic rings. The average Bonchev–Trinajstić information content (AvgIpc) is 2.80. The summed E-state index contributed by atoms with van der Waals surface area (Å²) < 4.78 is 7.10. The van der Waals surface area contributed by atoms with Gasteiger partial charge in [0.15, 0.2) is 17.2 Å². The number of amides is 2. The molecule has 2 amide bonds. The van der Waals surface area contributed by atoms with Gasteiger partial charge in [0.05, 0.1) is 11.9 Å². The molecule has 2 aromatic carbocycles. The molecule has 0 unspecified atom stereocenters. The van der Waals surface area contributed by atoms with E-state index in [9.17, 15) is 4.79 Å². The minimum absolute atomic E-state index is 0.328. The number of carbonyl (C=O) groups is 1. The number of hydrogen-bond acceptors (Lipinski definition) is 7. The zero-order valence-electron chi connectivity index (χ0n) is 17.0. The normalized spacial score (nSPS) is 10.6. The maximum Gasteiger partial charge on any atom is 0.333 e. The number of fused-ring (bicyclic) bond motifs is 1. The molecule has 0 aliphatic carbocycles. The largest absolute Gasteiger partial charge is 0.455 e. The highest BCUT2D eigenvalue weighted by molar-refractivity contribution is 7.82. The van der Waals surface area contributed by atoms with Gasteiger partial charge in [-0.3, -0.25) is 0 Å². The summed E-state index contributed by atoms with van der Waals surface area (Å²) in [5.41, 5.74) is 1.54. The van der Waals surface area contributed by atoms with Gasteiger partial charge in [0.1, 0.15) is 17.1 Å². The Morgan fingerprint density at radius 2 is 1.94 bits per heavy atom. The molecule has 10 heteroatoms. The van der Waals surface area contributed by atoms with Gasteiger partial charge in [-0.05, 0) is 49.4 Å². The summed E-state index contributed by atoms with van der Waals surface area (Å²) in [5, 5.41) is 6.38. The third-order valence-electron chi connectivity index (χ3n) is 4.30. The number of urea groups is 1. The van der Waals surface area contributed by atoms with Gasteiger partial charge in [-0.2, -0.15) is 0 Å². The first-order valence-electron chi connectivity index (χ1n) is 9.73. The molecule has 32 heavy (non-hydrogen) atoms. The van der Waals surface area contributed by atoms with E-state index in [4.69, 9.17) is 16.3 Å². The summed E-state index contributed by atoms with van der Waals surface area (Å²) >= 11 is 10.4. The minimum atomic E-state index is -0.383. The van der Waals surface area contributed by atoms with Crippen LogP contribution < -0.4 is 19.7 Å². The SMILES string of the molecule is CCNC(=O)N(S)c1ccc2ncc(Nc3cc(Cl)ccc3Oc3ccccc3)nc2n1. The molecular weight excluding hydrogens is 448 g/mol. The molecule has 0 bridgehead atoms. The van der Waals surface area contributed by atoms with Gasteiger partial charge in [0, 0.05) is 11.6 Å². The third-order valence-corrected chi connectivity index (χ3v) is 4.93. The molecule has 2 aromatic heterocycles. The van der Waals surface area contributed by atoms with E-state index in [1.54, 1.807) is 36.5 Å². The Kier molecular flexibility index (Phi) is 6.58. The van der Waals surface area contributed by atoms with E-state index < -0.39 is 0 Å². The van der Waals surface area contributed by atoms with Gasteiger partial charge in [0.2, 0.25) is 0 Å². The van der Waals surface area contributed by atoms with Gasteiger partial charge in [-0.15, -0.1) is 0 Å². The summed E-state index contributed by atoms with van der Waals surface area (Å²) in [6.45, 7) is 2.30. The van der Waals surface area contributed by atoms with Crippen LogP contribution in [-0.4, -0.2) is 27.5 Å². The van der Waals surface area contributed by atoms with Crippen molar-refractivity contribution in [2.75, 3.05) is 16.2 Å². The second-order valence-electron chi connectivity index (χ2n) is 6.60. The van der Waals surface area contributed by atoms with Crippen LogP contribution in [0.5, 0.6) is 11.5 Å². The van der Waals surface area contributed by atoms with E-state index in [0.717, 1.165) is 4.31 Å². The van der Waals surface area contributed by atoms with Crippen LogP contribution in [0.1, 0.15) is 6.92 Å². The quantitative estimate of drug-likeness (QED) is 0.320. The van der Waals surface area contributed by atoms with Crippen molar-refractivity contribution in [3.05, 3.63) is 71.9 Å². The number of aromatic nitrogens is 3. The van der Waals surface area contributed by atoms with E-state index in [1.165, 1.54) is 0 Å². The summed E-state index contributed by atoms with van der Waals surface area (Å²) in [6.07, 6.45) is 1.58. The van der Waals surface area contributed by atoms with Crippen LogP contribution in [0.4, 0.5) is 22.1 Å². The summed E-state index contributed by atoms with van der Waals surface area (Å²) in [5.74, 6) is 2.02. The number of rotatable bonds is 6. The Balaban J connectivity index is 1.63. The Morgan fingerprint density at radius 1 is 1.12 bits per heavy atom. The molecule has 0 saturated carbocycles. The van der Waals surface area contributed by atoms with Crippen molar-refractivity contribution in [1.29, 1.82) is 0 Å². The number of carbonyl (C=O) groups excluding carboxylic acids is 1. The van der Waals surface area contributed by atoms with E-state index >= 15 is 0 Å². The monoisotopic (exact) mass is 466 g/mol. The molecule has 0 aliphatic heterocycles. The van der Waals surface area contributed by atoms with Crippen molar-refractivity contribution < 1.29 is 9.53 Å². The summed E-state index contributed by atoms with van der Waals surface area (Å²) in [7, 11) is 0. The Hall–Kier alpha value is -3.56. The Morgan fingerprint density at radius 3 is 2.72 bits per heavy atom. The van der Waals surface area contributed by atoms with E-state index in [-0.39, 0.29) is 6.03 Å². The lowest BCUT2D eigenvalue weighted by molar-refractivity contribution is 0.250. The summed E-state index contributed by atoms with van der Waals surface area (Å²) in [4.78, 5) is 25.3. The van der Waals surface area contributed by atoms with Crippen LogP contribution >= 0.6 is 24.4 Å². The highest BCUT2D eigenvalue weighted by Crippen LogP contribution is 2.33. The predicted octanol–water partition coefficient (Wildman–Crippen LogP) is 5.59. The molecule has 0 spiro atoms. The van der Waals surface area contributed by atoms with Gasteiger partial charge in [0.25, 0.3) is 0 Å². The second-order valence-corrected chi connectivity index (χ2v) is 7.43. The number of nitrogens with zero attached hydrogens (tertiary/aromatic N) is 4. The average molecular weight is 467 g/mol. The first-order chi connectivity index (χ1) is 15.5. The van der Waals surface area contributed by atoms with Gasteiger partial charge < -0.3 is 15.4 Å². The van der Waals surface area contributed by atoms with E-state index in [1.807, 2.05) is 37.3 Å². The maximum absolute atomic E-state index is 12.0. The Bertz CT molecular complexity index is 1260. The zero-order chi connectivity index (χ0) is 22.5. The van der Waals surface area contributed by atoms with E-state index in [2.05, 4.69) is 38.4 Å². The molecule has 2 N–H and O–H groups in total. The Labute approximate surface area is 195 Å². The highest BCUT2D eigenvalue weighted by Gasteiger charge is 2.14. The molecule has 8 nitrogen and oxygen atoms in total. The molecule has 0 saturated heterocycles. The molecule has 0 atom stereocenters. The fraction of sp³-hybridized carbons (Fsp3) is 0.0909. The zero-order valence-corrected chi connectivity index (χ0v) is 18.6. The number of ether oxygens (including phenoxy) is 1. The lowest BCUT2D eigenvalue weighted by Crippen LogP contribution is -2.34. The molecular formula is C22H19ClN6O2S. The van der Waals surface area contributed by atoms with Crippen molar-refractivity contribution >= 4 is 58.9 Å². The first-order valence-corrected chi connectivity index (χ1v) is 10.5. The maximum atomic E-state index is 12.0. The molecule has 4 aromatic rings. The molecule has 0 fully saturated rings. The standard InChI is InChI=1S/C22H19ClN6O2S/c1-2-24-22(30)29(32)20-11-9-16-21(28-20)27-19(13-25-16)26-17-12-14(23)8-10-18(17)31-15-6-4-3-5-7-15/h3-13,32H,2H2,1H3,(H,24,30)(H,26,27,28). The van der Waals surface area contributed by atoms with Crippen LogP contribution in [-0.2, 0) is 0 Å². The number of hydrogen-bond donors (Lipinski definition) is 3. The van der Waals surface area contributed by atoms with Crippen LogP contribution in [0.25, 0.3) is 11.2 Å². The van der Waals surface area contributed by atoms with Crippen molar-refractivity contribution in [1.82, 2.24) is 20.3 Å². The fourth-order valence-electron chi connectivity index (χ4n) is 2.84. The lowest BCUT2D eigenvalue weighted by atomic mass is 10.2. The van der Waals surface area contributed by atoms with Gasteiger partial charge in [-0.25, -0.2) is 24.1 Å². The lowest BCUT2D eigenvalue weighted by Gasteiger charge is -2.15. The molecule has 4 rings (SSSR count). The second kappa shape index (κ2) is 9.71. The number of pyridine rings is 1. The predicted molar refractivity (Wildman–Crippen MR) is 129 cm³/mol. The highest BCUT2D eigenvalue weighted by atomic mass is 35.5. The summed E-state index contributed by atoms with van der Waals surface area (Å²) in [6, 6.07) is 17.7. The number of halogens is 1. The van der Waals surface area contributed by atoms with Crippen LogP contribution in [0.3, 0.4) is 0 Å². The van der Waals surface area contributed by atoms with Crippen molar-refractivity contribution in [2.24, 2.45) is 0 Å². The topological polar surface area (TPSA) is 92.3 Å². The first kappa shape index (κ1) is 21.7. The van der Waals surface area contributed by atoms with Crippen molar-refractivity contribution in [2.45, 2.75) is 6.92 Å². The van der Waals surface area contributed by atoms with E-state index in [0.29, 0.717) is 51.6 Å². The molecule has 2 heterocycles. The number of anilines is 3. The molecule has 162 valence electrons. The number of benzene rings is 2. The fourth-order valence-corrected chi connectivity index (χ4v) is 3.19.